The van der Waals surface area contributed by atoms with Crippen molar-refractivity contribution in [1.82, 2.24) is 9.78 Å². The highest BCUT2D eigenvalue weighted by Crippen LogP contribution is 2.37. The zero-order chi connectivity index (χ0) is 25.2. The Morgan fingerprint density at radius 2 is 1.71 bits per heavy atom. The van der Waals surface area contributed by atoms with Crippen LogP contribution < -0.4 is 4.74 Å². The average molecular weight is 467 g/mol. The monoisotopic (exact) mass is 466 g/mol. The molecule has 180 valence electrons. The van der Waals surface area contributed by atoms with Crippen LogP contribution in [-0.2, 0) is 15.9 Å². The number of rotatable bonds is 7. The molecule has 34 heavy (non-hydrogen) atoms. The molecule has 0 aliphatic carbocycles. The van der Waals surface area contributed by atoms with Crippen LogP contribution in [0.5, 0.6) is 11.5 Å². The fraction of sp³-hybridized carbons (Fsp3) is 0.346. The van der Waals surface area contributed by atoms with E-state index in [1.165, 1.54) is 7.11 Å². The van der Waals surface area contributed by atoms with Crippen LogP contribution in [-0.4, -0.2) is 40.7 Å². The van der Waals surface area contributed by atoms with Crippen LogP contribution >= 0.6 is 0 Å². The summed E-state index contributed by atoms with van der Waals surface area (Å²) in [4.78, 5) is 26.3. The number of benzene rings is 2. The summed E-state index contributed by atoms with van der Waals surface area (Å²) in [6.45, 7) is 10.6. The summed E-state index contributed by atoms with van der Waals surface area (Å²) in [5.41, 5.74) is 5.06. The number of phenols is 1. The molecule has 2 aromatic carbocycles. The number of esters is 2. The van der Waals surface area contributed by atoms with Gasteiger partial charge in [0.1, 0.15) is 11.4 Å². The fourth-order valence-electron chi connectivity index (χ4n) is 4.23. The summed E-state index contributed by atoms with van der Waals surface area (Å²) in [6.07, 6.45) is 3.87. The first kappa shape index (κ1) is 25.0. The Bertz CT molecular complexity index is 1250. The summed E-state index contributed by atoms with van der Waals surface area (Å²) >= 11 is 0. The number of aromatic nitrogens is 2. The van der Waals surface area contributed by atoms with Gasteiger partial charge in [-0.15, -0.1) is 0 Å². The molecule has 3 rings (SSSR count). The summed E-state index contributed by atoms with van der Waals surface area (Å²) in [7, 11) is 1.44. The minimum atomic E-state index is -0.539. The van der Waals surface area contributed by atoms with Crippen molar-refractivity contribution in [2.45, 2.75) is 48.0 Å². The number of hydrogen-bond donors (Lipinski definition) is 1. The molecule has 3 aromatic rings. The third-order valence-electron chi connectivity index (χ3n) is 6.11. The van der Waals surface area contributed by atoms with E-state index in [0.717, 1.165) is 5.56 Å². The van der Waals surface area contributed by atoms with Gasteiger partial charge in [-0.2, -0.15) is 5.10 Å². The van der Waals surface area contributed by atoms with Gasteiger partial charge in [-0.25, -0.2) is 14.3 Å². The number of hydrogen-bond acceptors (Lipinski definition) is 7. The highest BCUT2D eigenvalue weighted by molar-refractivity contribution is 5.98. The first-order chi connectivity index (χ1) is 16.1. The van der Waals surface area contributed by atoms with Crippen molar-refractivity contribution >= 4 is 11.9 Å². The normalized spacial score (nSPS) is 10.9. The Kier molecular flexibility index (Phi) is 7.41. The van der Waals surface area contributed by atoms with Crippen molar-refractivity contribution in [3.8, 4) is 17.2 Å². The Morgan fingerprint density at radius 3 is 2.29 bits per heavy atom. The maximum Gasteiger partial charge on any atom is 0.344 e. The van der Waals surface area contributed by atoms with Crippen molar-refractivity contribution in [1.29, 1.82) is 0 Å². The zero-order valence-electron chi connectivity index (χ0n) is 20.6. The number of phenolic OH excluding ortho intramolecular Hbond substituents is 1. The predicted molar refractivity (Wildman–Crippen MR) is 127 cm³/mol. The quantitative estimate of drug-likeness (QED) is 0.307. The van der Waals surface area contributed by atoms with Crippen LogP contribution in [0.3, 0.4) is 0 Å². The van der Waals surface area contributed by atoms with Gasteiger partial charge in [-0.1, -0.05) is 6.92 Å². The second-order valence-corrected chi connectivity index (χ2v) is 8.15. The zero-order valence-corrected chi connectivity index (χ0v) is 20.6. The highest BCUT2D eigenvalue weighted by atomic mass is 16.7. The minimum absolute atomic E-state index is 0.143. The fourth-order valence-corrected chi connectivity index (χ4v) is 4.23. The summed E-state index contributed by atoms with van der Waals surface area (Å²) in [5.74, 6) is -0.629. The molecule has 0 unspecified atom stereocenters. The summed E-state index contributed by atoms with van der Waals surface area (Å²) < 4.78 is 17.7. The molecule has 0 saturated carbocycles. The van der Waals surface area contributed by atoms with E-state index in [1.54, 1.807) is 63.8 Å². The third kappa shape index (κ3) is 4.41. The number of aromatic hydroxyl groups is 1. The van der Waals surface area contributed by atoms with Crippen molar-refractivity contribution in [3.05, 3.63) is 69.0 Å². The second-order valence-electron chi connectivity index (χ2n) is 8.15. The molecule has 1 aromatic heterocycles. The highest BCUT2D eigenvalue weighted by Gasteiger charge is 2.28. The molecule has 1 heterocycles. The van der Waals surface area contributed by atoms with E-state index in [9.17, 15) is 14.7 Å². The molecule has 0 amide bonds. The molecule has 0 aliphatic rings. The molecule has 0 spiro atoms. The maximum atomic E-state index is 13.5. The number of aryl methyl sites for hydroxylation is 1. The summed E-state index contributed by atoms with van der Waals surface area (Å²) in [5, 5.41) is 14.5. The van der Waals surface area contributed by atoms with E-state index < -0.39 is 11.9 Å². The van der Waals surface area contributed by atoms with Gasteiger partial charge < -0.3 is 19.3 Å². The molecule has 1 N–H and O–H groups in total. The lowest BCUT2D eigenvalue weighted by Gasteiger charge is -2.22. The molecule has 0 bridgehead atoms. The molecular weight excluding hydrogens is 436 g/mol. The molecule has 0 aliphatic heterocycles. The summed E-state index contributed by atoms with van der Waals surface area (Å²) in [6, 6.07) is 3.31. The Balaban J connectivity index is 2.21. The van der Waals surface area contributed by atoms with Gasteiger partial charge in [0, 0.05) is 19.5 Å². The first-order valence-electron chi connectivity index (χ1n) is 11.0. The molecule has 0 atom stereocenters. The Morgan fingerprint density at radius 1 is 1.00 bits per heavy atom. The topological polar surface area (TPSA) is 99.9 Å². The lowest BCUT2D eigenvalue weighted by Crippen LogP contribution is -2.19. The standard InChI is InChI=1S/C26H30N2O6/c1-8-19-17(5)20(29)12-14(2)21(19)26(31)34-24-16(4)15(3)22(25(30)33-13-32-7)18(6)23(24)28-11-9-10-27-28/h9-12,29H,8,13H2,1-7H3. The lowest BCUT2D eigenvalue weighted by atomic mass is 9.93. The van der Waals surface area contributed by atoms with Gasteiger partial charge in [0.25, 0.3) is 0 Å². The van der Waals surface area contributed by atoms with Gasteiger partial charge >= 0.3 is 11.9 Å². The van der Waals surface area contributed by atoms with Crippen molar-refractivity contribution in [2.24, 2.45) is 0 Å². The van der Waals surface area contributed by atoms with E-state index in [1.807, 2.05) is 6.92 Å². The molecular formula is C26H30N2O6. The number of methoxy groups -OCH3 is 1. The van der Waals surface area contributed by atoms with Gasteiger partial charge in [0.2, 0.25) is 0 Å². The smallest absolute Gasteiger partial charge is 0.344 e. The second kappa shape index (κ2) is 10.1. The number of nitrogens with zero attached hydrogens (tertiary/aromatic N) is 2. The van der Waals surface area contributed by atoms with Crippen molar-refractivity contribution in [3.63, 3.8) is 0 Å². The SMILES string of the molecule is CCc1c(C)c(O)cc(C)c1C(=O)Oc1c(C)c(C)c(C(=O)OCOC)c(C)c1-n1cccn1. The lowest BCUT2D eigenvalue weighted by molar-refractivity contribution is -0.0126. The largest absolute Gasteiger partial charge is 0.508 e. The average Bonchev–Trinajstić information content (AvgIpc) is 3.32. The molecule has 0 saturated heterocycles. The van der Waals surface area contributed by atoms with Crippen LogP contribution in [0.2, 0.25) is 0 Å². The Hall–Kier alpha value is -3.65. The van der Waals surface area contributed by atoms with Crippen LogP contribution in [0, 0.1) is 34.6 Å². The Labute approximate surface area is 199 Å². The molecule has 8 nitrogen and oxygen atoms in total. The third-order valence-corrected chi connectivity index (χ3v) is 6.11. The van der Waals surface area contributed by atoms with E-state index in [-0.39, 0.29) is 12.5 Å². The molecule has 8 heteroatoms. The van der Waals surface area contributed by atoms with Crippen LogP contribution in [0.15, 0.2) is 24.5 Å². The molecule has 0 radical (unpaired) electrons. The van der Waals surface area contributed by atoms with Crippen LogP contribution in [0.25, 0.3) is 5.69 Å². The van der Waals surface area contributed by atoms with E-state index >= 15 is 0 Å². The predicted octanol–water partition coefficient (Wildman–Crippen LogP) is 4.66. The van der Waals surface area contributed by atoms with Crippen LogP contribution in [0.1, 0.15) is 61.0 Å². The molecule has 0 fully saturated rings. The van der Waals surface area contributed by atoms with E-state index in [2.05, 4.69) is 5.10 Å². The van der Waals surface area contributed by atoms with Gasteiger partial charge in [-0.3, -0.25) is 0 Å². The maximum absolute atomic E-state index is 13.5. The van der Waals surface area contributed by atoms with Gasteiger partial charge in [0.15, 0.2) is 12.5 Å². The minimum Gasteiger partial charge on any atom is -0.508 e. The van der Waals surface area contributed by atoms with Gasteiger partial charge in [0.05, 0.1) is 11.1 Å². The van der Waals surface area contributed by atoms with Gasteiger partial charge in [-0.05, 0) is 86.6 Å². The van der Waals surface area contributed by atoms with Crippen molar-refractivity contribution in [2.75, 3.05) is 13.9 Å². The number of carbonyl (C=O) groups excluding carboxylic acids is 2. The number of ether oxygens (including phenoxy) is 3. The van der Waals surface area contributed by atoms with E-state index in [4.69, 9.17) is 14.2 Å². The number of carbonyl (C=O) groups is 2. The van der Waals surface area contributed by atoms with Crippen molar-refractivity contribution < 1.29 is 28.9 Å². The first-order valence-corrected chi connectivity index (χ1v) is 11.0. The van der Waals surface area contributed by atoms with E-state index in [0.29, 0.717) is 56.8 Å². The van der Waals surface area contributed by atoms with Crippen LogP contribution in [0.4, 0.5) is 0 Å².